The molecule has 1 aromatic carbocycles. The van der Waals surface area contributed by atoms with Crippen LogP contribution >= 0.6 is 0 Å². The van der Waals surface area contributed by atoms with E-state index in [9.17, 15) is 9.59 Å². The Morgan fingerprint density at radius 1 is 1.10 bits per heavy atom. The molecule has 1 aromatic rings. The number of amides is 3. The quantitative estimate of drug-likeness (QED) is 0.301. The van der Waals surface area contributed by atoms with Gasteiger partial charge in [-0.2, -0.15) is 0 Å². The van der Waals surface area contributed by atoms with Crippen molar-refractivity contribution in [3.05, 3.63) is 29.8 Å². The van der Waals surface area contributed by atoms with Crippen LogP contribution in [0.2, 0.25) is 0 Å². The number of guanidine groups is 1. The van der Waals surface area contributed by atoms with Gasteiger partial charge >= 0.3 is 12.1 Å². The first-order valence-corrected chi connectivity index (χ1v) is 10.8. The zero-order chi connectivity index (χ0) is 22.7. The van der Waals surface area contributed by atoms with Crippen LogP contribution in [0.3, 0.4) is 0 Å². The lowest BCUT2D eigenvalue weighted by Gasteiger charge is -2.19. The van der Waals surface area contributed by atoms with Gasteiger partial charge in [-0.05, 0) is 57.7 Å². The molecule has 0 bridgehead atoms. The highest BCUT2D eigenvalue weighted by molar-refractivity contribution is 5.89. The van der Waals surface area contributed by atoms with E-state index in [0.717, 1.165) is 43.6 Å². The van der Waals surface area contributed by atoms with E-state index in [4.69, 9.17) is 4.74 Å². The summed E-state index contributed by atoms with van der Waals surface area (Å²) in [7, 11) is 1.71. The van der Waals surface area contributed by atoms with Gasteiger partial charge in [0.05, 0.1) is 0 Å². The van der Waals surface area contributed by atoms with Gasteiger partial charge in [0.2, 0.25) is 0 Å². The molecule has 31 heavy (non-hydrogen) atoms. The third-order valence-corrected chi connectivity index (χ3v) is 4.57. The maximum atomic E-state index is 12.3. The number of rotatable bonds is 7. The third kappa shape index (κ3) is 9.59. The highest BCUT2D eigenvalue weighted by Crippen LogP contribution is 2.14. The maximum absolute atomic E-state index is 12.3. The van der Waals surface area contributed by atoms with Crippen LogP contribution in [0.5, 0.6) is 0 Å². The summed E-state index contributed by atoms with van der Waals surface area (Å²) in [6, 6.07) is 7.73. The van der Waals surface area contributed by atoms with E-state index < -0.39 is 11.7 Å². The van der Waals surface area contributed by atoms with Gasteiger partial charge in [0.25, 0.3) is 0 Å². The Morgan fingerprint density at radius 3 is 2.48 bits per heavy atom. The molecule has 1 fully saturated rings. The van der Waals surface area contributed by atoms with E-state index in [1.54, 1.807) is 7.05 Å². The highest BCUT2D eigenvalue weighted by Gasteiger charge is 2.18. The fraction of sp³-hybridized carbons (Fsp3) is 0.591. The Balaban J connectivity index is 1.68. The van der Waals surface area contributed by atoms with E-state index in [1.165, 1.54) is 0 Å². The number of carbonyl (C=O) groups excluding carboxylic acids is 2. The molecule has 2 rings (SSSR count). The summed E-state index contributed by atoms with van der Waals surface area (Å²) in [5.74, 6) is 0.670. The summed E-state index contributed by atoms with van der Waals surface area (Å²) in [5.41, 5.74) is 1.32. The van der Waals surface area contributed by atoms with Crippen LogP contribution in [0.1, 0.15) is 45.6 Å². The minimum atomic E-state index is -0.497. The molecule has 1 aliphatic heterocycles. The number of hydrogen-bond donors (Lipinski definition) is 4. The molecule has 1 saturated heterocycles. The summed E-state index contributed by atoms with van der Waals surface area (Å²) >= 11 is 0. The van der Waals surface area contributed by atoms with E-state index in [1.807, 2.05) is 49.9 Å². The first kappa shape index (κ1) is 24.3. The zero-order valence-corrected chi connectivity index (χ0v) is 19.1. The number of aliphatic imine (C=N–C) groups is 1. The number of ether oxygens (including phenoxy) is 1. The Morgan fingerprint density at radius 2 is 1.81 bits per heavy atom. The predicted octanol–water partition coefficient (Wildman–Crippen LogP) is 2.89. The van der Waals surface area contributed by atoms with E-state index in [2.05, 4.69) is 26.3 Å². The lowest BCUT2D eigenvalue weighted by atomic mass is 10.2. The lowest BCUT2D eigenvalue weighted by Crippen LogP contribution is -2.39. The topological polar surface area (TPSA) is 107 Å². The minimum Gasteiger partial charge on any atom is -0.444 e. The number of benzene rings is 1. The Bertz CT molecular complexity index is 754. The zero-order valence-electron chi connectivity index (χ0n) is 19.1. The molecular weight excluding hydrogens is 396 g/mol. The van der Waals surface area contributed by atoms with Gasteiger partial charge in [0, 0.05) is 45.5 Å². The molecule has 0 radical (unpaired) electrons. The summed E-state index contributed by atoms with van der Waals surface area (Å²) < 4.78 is 5.20. The van der Waals surface area contributed by atoms with Crippen molar-refractivity contribution in [2.75, 3.05) is 38.5 Å². The number of anilines is 1. The third-order valence-electron chi connectivity index (χ3n) is 4.57. The molecule has 0 aliphatic carbocycles. The summed E-state index contributed by atoms with van der Waals surface area (Å²) in [5, 5.41) is 12.2. The molecule has 9 heteroatoms. The van der Waals surface area contributed by atoms with Gasteiger partial charge in [-0.1, -0.05) is 12.1 Å². The van der Waals surface area contributed by atoms with Gasteiger partial charge in [0.15, 0.2) is 5.96 Å². The van der Waals surface area contributed by atoms with Crippen LogP contribution in [-0.4, -0.2) is 61.8 Å². The van der Waals surface area contributed by atoms with Crippen molar-refractivity contribution in [3.63, 3.8) is 0 Å². The standard InChI is InChI=1S/C22H36N6O3/c1-22(2,3)31-21(30)25-12-8-11-24-19(23-4)26-16-17-9-7-10-18(15-17)27-20(29)28-13-5-6-14-28/h7,9-10,15H,5-6,8,11-14,16H2,1-4H3,(H,25,30)(H,27,29)(H2,23,24,26). The summed E-state index contributed by atoms with van der Waals surface area (Å²) in [4.78, 5) is 29.9. The summed E-state index contributed by atoms with van der Waals surface area (Å²) in [6.45, 7) is 8.88. The number of carbonyl (C=O) groups is 2. The fourth-order valence-corrected chi connectivity index (χ4v) is 3.09. The van der Waals surface area contributed by atoms with E-state index in [0.29, 0.717) is 25.6 Å². The number of urea groups is 1. The van der Waals surface area contributed by atoms with Crippen LogP contribution in [0.4, 0.5) is 15.3 Å². The van der Waals surface area contributed by atoms with Crippen LogP contribution < -0.4 is 21.3 Å². The van der Waals surface area contributed by atoms with Gasteiger partial charge in [0.1, 0.15) is 5.60 Å². The molecular formula is C22H36N6O3. The maximum Gasteiger partial charge on any atom is 0.407 e. The van der Waals surface area contributed by atoms with E-state index in [-0.39, 0.29) is 6.03 Å². The minimum absolute atomic E-state index is 0.0416. The number of likely N-dealkylation sites (tertiary alicyclic amines) is 1. The fourth-order valence-electron chi connectivity index (χ4n) is 3.09. The number of alkyl carbamates (subject to hydrolysis) is 1. The molecule has 0 unspecified atom stereocenters. The van der Waals surface area contributed by atoms with Crippen LogP contribution in [0, 0.1) is 0 Å². The molecule has 0 atom stereocenters. The SMILES string of the molecule is CN=C(NCCCNC(=O)OC(C)(C)C)NCc1cccc(NC(=O)N2CCCC2)c1. The molecule has 9 nitrogen and oxygen atoms in total. The van der Waals surface area contributed by atoms with Crippen molar-refractivity contribution in [2.45, 2.75) is 52.2 Å². The number of hydrogen-bond acceptors (Lipinski definition) is 4. The van der Waals surface area contributed by atoms with Crippen LogP contribution in [0.25, 0.3) is 0 Å². The van der Waals surface area contributed by atoms with Gasteiger partial charge in [-0.15, -0.1) is 0 Å². The number of nitrogens with zero attached hydrogens (tertiary/aromatic N) is 2. The van der Waals surface area contributed by atoms with Crippen LogP contribution in [0.15, 0.2) is 29.3 Å². The van der Waals surface area contributed by atoms with Crippen molar-refractivity contribution in [1.82, 2.24) is 20.9 Å². The molecule has 1 aliphatic rings. The van der Waals surface area contributed by atoms with E-state index >= 15 is 0 Å². The first-order valence-electron chi connectivity index (χ1n) is 10.8. The molecule has 0 aromatic heterocycles. The first-order chi connectivity index (χ1) is 14.8. The van der Waals surface area contributed by atoms with Crippen molar-refractivity contribution >= 4 is 23.8 Å². The Labute approximate surface area is 185 Å². The highest BCUT2D eigenvalue weighted by atomic mass is 16.6. The largest absolute Gasteiger partial charge is 0.444 e. The van der Waals surface area contributed by atoms with Crippen LogP contribution in [-0.2, 0) is 11.3 Å². The molecule has 172 valence electrons. The van der Waals surface area contributed by atoms with Crippen molar-refractivity contribution in [3.8, 4) is 0 Å². The molecule has 0 saturated carbocycles. The Hall–Kier alpha value is -2.97. The second-order valence-electron chi connectivity index (χ2n) is 8.46. The summed E-state index contributed by atoms with van der Waals surface area (Å²) in [6.07, 6.45) is 2.46. The molecule has 4 N–H and O–H groups in total. The second-order valence-corrected chi connectivity index (χ2v) is 8.46. The smallest absolute Gasteiger partial charge is 0.407 e. The average molecular weight is 433 g/mol. The van der Waals surface area contributed by atoms with Gasteiger partial charge < -0.3 is 30.9 Å². The molecule has 3 amide bonds. The van der Waals surface area contributed by atoms with Crippen molar-refractivity contribution in [1.29, 1.82) is 0 Å². The average Bonchev–Trinajstić information content (AvgIpc) is 3.24. The lowest BCUT2D eigenvalue weighted by molar-refractivity contribution is 0.0527. The number of nitrogens with one attached hydrogen (secondary N) is 4. The second kappa shape index (κ2) is 12.0. The van der Waals surface area contributed by atoms with Gasteiger partial charge in [-0.25, -0.2) is 9.59 Å². The van der Waals surface area contributed by atoms with Crippen molar-refractivity contribution in [2.24, 2.45) is 4.99 Å². The molecule has 1 heterocycles. The molecule has 0 spiro atoms. The Kier molecular flexibility index (Phi) is 9.42. The van der Waals surface area contributed by atoms with Crippen molar-refractivity contribution < 1.29 is 14.3 Å². The normalized spacial score (nSPS) is 14.2. The van der Waals surface area contributed by atoms with Gasteiger partial charge in [-0.3, -0.25) is 4.99 Å². The predicted molar refractivity (Wildman–Crippen MR) is 123 cm³/mol. The monoisotopic (exact) mass is 432 g/mol.